The van der Waals surface area contributed by atoms with Crippen LogP contribution in [0.4, 0.5) is 5.69 Å². The van der Waals surface area contributed by atoms with Crippen molar-refractivity contribution in [3.05, 3.63) is 83.2 Å². The third kappa shape index (κ3) is 3.97. The van der Waals surface area contributed by atoms with Gasteiger partial charge in [-0.05, 0) is 31.5 Å². The SMILES string of the molecule is Cc1cc(C(=O)Nc2ccccc2C(=O)NC(C)c2ccccc2)on1. The quantitative estimate of drug-likeness (QED) is 0.735. The summed E-state index contributed by atoms with van der Waals surface area (Å²) in [5, 5.41) is 9.34. The predicted octanol–water partition coefficient (Wildman–Crippen LogP) is 3.73. The molecule has 0 spiro atoms. The number of nitrogens with zero attached hydrogens (tertiary/aromatic N) is 1. The van der Waals surface area contributed by atoms with Crippen molar-refractivity contribution in [1.29, 1.82) is 0 Å². The number of aryl methyl sites for hydroxylation is 1. The molecular formula is C20H19N3O3. The molecule has 3 rings (SSSR count). The average molecular weight is 349 g/mol. The van der Waals surface area contributed by atoms with Gasteiger partial charge in [0.25, 0.3) is 11.8 Å². The number of carbonyl (C=O) groups is 2. The van der Waals surface area contributed by atoms with E-state index in [1.807, 2.05) is 37.3 Å². The van der Waals surface area contributed by atoms with E-state index in [0.29, 0.717) is 16.9 Å². The van der Waals surface area contributed by atoms with Crippen molar-refractivity contribution in [1.82, 2.24) is 10.5 Å². The molecule has 26 heavy (non-hydrogen) atoms. The predicted molar refractivity (Wildman–Crippen MR) is 98.0 cm³/mol. The Balaban J connectivity index is 1.76. The van der Waals surface area contributed by atoms with Crippen LogP contribution in [0.3, 0.4) is 0 Å². The molecule has 6 heteroatoms. The van der Waals surface area contributed by atoms with Crippen LogP contribution in [0, 0.1) is 6.92 Å². The third-order valence-electron chi connectivity index (χ3n) is 3.92. The molecule has 1 aromatic heterocycles. The van der Waals surface area contributed by atoms with E-state index in [1.54, 1.807) is 31.2 Å². The highest BCUT2D eigenvalue weighted by molar-refractivity contribution is 6.07. The molecule has 0 bridgehead atoms. The Morgan fingerprint density at radius 3 is 2.38 bits per heavy atom. The Kier molecular flexibility index (Phi) is 5.12. The van der Waals surface area contributed by atoms with E-state index < -0.39 is 5.91 Å². The summed E-state index contributed by atoms with van der Waals surface area (Å²) in [7, 11) is 0. The van der Waals surface area contributed by atoms with E-state index in [-0.39, 0.29) is 17.7 Å². The average Bonchev–Trinajstić information content (AvgIpc) is 3.09. The summed E-state index contributed by atoms with van der Waals surface area (Å²) in [6, 6.07) is 17.9. The number of nitrogens with one attached hydrogen (secondary N) is 2. The maximum Gasteiger partial charge on any atom is 0.294 e. The minimum absolute atomic E-state index is 0.0929. The Labute approximate surface area is 151 Å². The highest BCUT2D eigenvalue weighted by Crippen LogP contribution is 2.19. The van der Waals surface area contributed by atoms with Gasteiger partial charge >= 0.3 is 0 Å². The van der Waals surface area contributed by atoms with Crippen molar-refractivity contribution < 1.29 is 14.1 Å². The van der Waals surface area contributed by atoms with Crippen LogP contribution < -0.4 is 10.6 Å². The molecule has 132 valence electrons. The molecular weight excluding hydrogens is 330 g/mol. The molecule has 3 aromatic rings. The second kappa shape index (κ2) is 7.65. The molecule has 6 nitrogen and oxygen atoms in total. The largest absolute Gasteiger partial charge is 0.351 e. The van der Waals surface area contributed by atoms with Gasteiger partial charge in [0.1, 0.15) is 0 Å². The number of rotatable bonds is 5. The van der Waals surface area contributed by atoms with Crippen LogP contribution in [0.1, 0.15) is 45.1 Å². The van der Waals surface area contributed by atoms with E-state index in [4.69, 9.17) is 4.52 Å². The number of amides is 2. The van der Waals surface area contributed by atoms with Gasteiger partial charge in [-0.1, -0.05) is 47.6 Å². The zero-order valence-corrected chi connectivity index (χ0v) is 14.5. The smallest absolute Gasteiger partial charge is 0.294 e. The Hall–Kier alpha value is -3.41. The molecule has 1 unspecified atom stereocenters. The highest BCUT2D eigenvalue weighted by Gasteiger charge is 2.18. The molecule has 2 N–H and O–H groups in total. The van der Waals surface area contributed by atoms with E-state index in [0.717, 1.165) is 5.56 Å². The van der Waals surface area contributed by atoms with E-state index in [2.05, 4.69) is 15.8 Å². The number of anilines is 1. The molecule has 0 saturated heterocycles. The summed E-state index contributed by atoms with van der Waals surface area (Å²) < 4.78 is 4.96. The minimum Gasteiger partial charge on any atom is -0.351 e. The van der Waals surface area contributed by atoms with Gasteiger partial charge in [0.2, 0.25) is 5.76 Å². The van der Waals surface area contributed by atoms with Gasteiger partial charge in [0.15, 0.2) is 0 Å². The van der Waals surface area contributed by atoms with Gasteiger partial charge in [0, 0.05) is 6.07 Å². The number of carbonyl (C=O) groups excluding carboxylic acids is 2. The number of aromatic nitrogens is 1. The number of para-hydroxylation sites is 1. The number of hydrogen-bond donors (Lipinski definition) is 2. The van der Waals surface area contributed by atoms with Crippen LogP contribution in [0.5, 0.6) is 0 Å². The van der Waals surface area contributed by atoms with Gasteiger partial charge in [-0.3, -0.25) is 9.59 Å². The van der Waals surface area contributed by atoms with Crippen molar-refractivity contribution in [2.24, 2.45) is 0 Å². The topological polar surface area (TPSA) is 84.2 Å². The fourth-order valence-corrected chi connectivity index (χ4v) is 2.54. The maximum atomic E-state index is 12.7. The summed E-state index contributed by atoms with van der Waals surface area (Å²) in [5.74, 6) is -0.636. The van der Waals surface area contributed by atoms with E-state index in [9.17, 15) is 9.59 Å². The molecule has 2 amide bonds. The fourth-order valence-electron chi connectivity index (χ4n) is 2.54. The van der Waals surface area contributed by atoms with Crippen molar-refractivity contribution in [2.45, 2.75) is 19.9 Å². The first-order valence-electron chi connectivity index (χ1n) is 8.24. The molecule has 0 aliphatic heterocycles. The monoisotopic (exact) mass is 349 g/mol. The first-order chi connectivity index (χ1) is 12.5. The molecule has 1 atom stereocenters. The highest BCUT2D eigenvalue weighted by atomic mass is 16.5. The first-order valence-corrected chi connectivity index (χ1v) is 8.24. The van der Waals surface area contributed by atoms with Gasteiger partial charge in [0.05, 0.1) is 23.0 Å². The van der Waals surface area contributed by atoms with E-state index in [1.165, 1.54) is 6.07 Å². The lowest BCUT2D eigenvalue weighted by molar-refractivity contribution is 0.0941. The summed E-state index contributed by atoms with van der Waals surface area (Å²) >= 11 is 0. The van der Waals surface area contributed by atoms with Crippen molar-refractivity contribution in [3.63, 3.8) is 0 Å². The summed E-state index contributed by atoms with van der Waals surface area (Å²) in [6.07, 6.45) is 0. The summed E-state index contributed by atoms with van der Waals surface area (Å²) in [4.78, 5) is 24.9. The van der Waals surface area contributed by atoms with Crippen LogP contribution in [0.2, 0.25) is 0 Å². The lowest BCUT2D eigenvalue weighted by Crippen LogP contribution is -2.28. The zero-order valence-electron chi connectivity index (χ0n) is 14.5. The molecule has 0 saturated carbocycles. The standard InChI is InChI=1S/C20H19N3O3/c1-13-12-18(26-23-13)20(25)22-17-11-7-6-10-16(17)19(24)21-14(2)15-8-4-3-5-9-15/h3-12,14H,1-2H3,(H,21,24)(H,22,25). The molecule has 0 fully saturated rings. The molecule has 0 radical (unpaired) electrons. The minimum atomic E-state index is -0.457. The Morgan fingerprint density at radius 1 is 1.00 bits per heavy atom. The van der Waals surface area contributed by atoms with Crippen LogP contribution in [0.15, 0.2) is 65.2 Å². The van der Waals surface area contributed by atoms with Crippen LogP contribution >= 0.6 is 0 Å². The van der Waals surface area contributed by atoms with Gasteiger partial charge < -0.3 is 15.2 Å². The van der Waals surface area contributed by atoms with Crippen LogP contribution in [-0.4, -0.2) is 17.0 Å². The zero-order chi connectivity index (χ0) is 18.5. The normalized spacial score (nSPS) is 11.6. The second-order valence-corrected chi connectivity index (χ2v) is 5.94. The van der Waals surface area contributed by atoms with Gasteiger partial charge in [-0.2, -0.15) is 0 Å². The van der Waals surface area contributed by atoms with E-state index >= 15 is 0 Å². The lowest BCUT2D eigenvalue weighted by Gasteiger charge is -2.16. The second-order valence-electron chi connectivity index (χ2n) is 5.94. The first kappa shape index (κ1) is 17.4. The number of benzene rings is 2. The van der Waals surface area contributed by atoms with Gasteiger partial charge in [-0.25, -0.2) is 0 Å². The summed E-state index contributed by atoms with van der Waals surface area (Å²) in [6.45, 7) is 3.64. The summed E-state index contributed by atoms with van der Waals surface area (Å²) in [5.41, 5.74) is 2.39. The number of hydrogen-bond acceptors (Lipinski definition) is 4. The van der Waals surface area contributed by atoms with Crippen LogP contribution in [0.25, 0.3) is 0 Å². The third-order valence-corrected chi connectivity index (χ3v) is 3.92. The molecule has 2 aromatic carbocycles. The van der Waals surface area contributed by atoms with Crippen molar-refractivity contribution >= 4 is 17.5 Å². The molecule has 0 aliphatic rings. The molecule has 0 aliphatic carbocycles. The van der Waals surface area contributed by atoms with Crippen LogP contribution in [-0.2, 0) is 0 Å². The van der Waals surface area contributed by atoms with Crippen molar-refractivity contribution in [2.75, 3.05) is 5.32 Å². The maximum absolute atomic E-state index is 12.7. The fraction of sp³-hybridized carbons (Fsp3) is 0.150. The van der Waals surface area contributed by atoms with Gasteiger partial charge in [-0.15, -0.1) is 0 Å². The van der Waals surface area contributed by atoms with Crippen molar-refractivity contribution in [3.8, 4) is 0 Å². The Morgan fingerprint density at radius 2 is 1.69 bits per heavy atom. The molecule has 1 heterocycles. The lowest BCUT2D eigenvalue weighted by atomic mass is 10.1. The Bertz CT molecular complexity index is 919.